The fraction of sp³-hybridized carbons (Fsp3) is 0.125. The van der Waals surface area contributed by atoms with E-state index in [4.69, 9.17) is 9.97 Å². The molecular weight excluding hydrogens is 330 g/mol. The zero-order valence-electron chi connectivity index (χ0n) is 15.8. The molecular formula is C24H21N3. The topological polar surface area (TPSA) is 38.7 Å². The number of hydrogen-bond acceptors (Lipinski definition) is 3. The first-order valence-electron chi connectivity index (χ1n) is 9.13. The Morgan fingerprint density at radius 1 is 0.889 bits per heavy atom. The van der Waals surface area contributed by atoms with Gasteiger partial charge >= 0.3 is 0 Å². The molecule has 0 aliphatic heterocycles. The highest BCUT2D eigenvalue weighted by atomic mass is 14.8. The molecule has 27 heavy (non-hydrogen) atoms. The number of hydrogen-bond donors (Lipinski definition) is 0. The maximum atomic E-state index is 4.97. The van der Waals surface area contributed by atoms with E-state index in [9.17, 15) is 0 Å². The average Bonchev–Trinajstić information content (AvgIpc) is 2.71. The van der Waals surface area contributed by atoms with E-state index in [1.54, 1.807) is 6.20 Å². The summed E-state index contributed by atoms with van der Waals surface area (Å²) in [4.78, 5) is 14.2. The van der Waals surface area contributed by atoms with Crippen molar-refractivity contribution in [1.29, 1.82) is 0 Å². The molecule has 0 radical (unpaired) electrons. The molecule has 0 N–H and O–H groups in total. The molecule has 132 valence electrons. The van der Waals surface area contributed by atoms with E-state index < -0.39 is 0 Å². The van der Waals surface area contributed by atoms with E-state index in [-0.39, 0.29) is 0 Å². The van der Waals surface area contributed by atoms with Gasteiger partial charge in [-0.3, -0.25) is 4.98 Å². The van der Waals surface area contributed by atoms with Gasteiger partial charge in [0.25, 0.3) is 0 Å². The molecule has 0 saturated carbocycles. The SMILES string of the molecule is C/C=C\C(=C/C)c1ccc(-c2nc3c(ccc4ncccc43)nc2C)cc1. The Morgan fingerprint density at radius 2 is 1.67 bits per heavy atom. The minimum absolute atomic E-state index is 0.897. The molecule has 3 nitrogen and oxygen atoms in total. The molecule has 0 saturated heterocycles. The molecule has 0 fully saturated rings. The number of aromatic nitrogens is 3. The van der Waals surface area contributed by atoms with Gasteiger partial charge in [0.2, 0.25) is 0 Å². The van der Waals surface area contributed by atoms with Crippen molar-refractivity contribution in [2.75, 3.05) is 0 Å². The van der Waals surface area contributed by atoms with Gasteiger partial charge in [0.15, 0.2) is 0 Å². The first-order valence-corrected chi connectivity index (χ1v) is 9.13. The molecule has 3 heteroatoms. The van der Waals surface area contributed by atoms with E-state index in [1.165, 1.54) is 11.1 Å². The van der Waals surface area contributed by atoms with Gasteiger partial charge in [-0.1, -0.05) is 42.5 Å². The van der Waals surface area contributed by atoms with Gasteiger partial charge in [-0.25, -0.2) is 9.97 Å². The van der Waals surface area contributed by atoms with Gasteiger partial charge in [-0.15, -0.1) is 0 Å². The second-order valence-corrected chi connectivity index (χ2v) is 6.48. The number of aryl methyl sites for hydroxylation is 1. The Kier molecular flexibility index (Phi) is 4.51. The van der Waals surface area contributed by atoms with E-state index in [0.717, 1.165) is 38.9 Å². The fourth-order valence-electron chi connectivity index (χ4n) is 3.39. The molecule has 0 spiro atoms. The first kappa shape index (κ1) is 17.1. The molecule has 0 aliphatic carbocycles. The van der Waals surface area contributed by atoms with Crippen LogP contribution in [0.5, 0.6) is 0 Å². The molecule has 4 rings (SSSR count). The second kappa shape index (κ2) is 7.12. The van der Waals surface area contributed by atoms with Gasteiger partial charge in [-0.05, 0) is 56.2 Å². The van der Waals surface area contributed by atoms with Crippen LogP contribution in [0.25, 0.3) is 38.8 Å². The Bertz CT molecular complexity index is 1190. The predicted molar refractivity (Wildman–Crippen MR) is 113 cm³/mol. The molecule has 0 bridgehead atoms. The van der Waals surface area contributed by atoms with E-state index in [1.807, 2.05) is 32.0 Å². The lowest BCUT2D eigenvalue weighted by atomic mass is 10.0. The van der Waals surface area contributed by atoms with Crippen molar-refractivity contribution < 1.29 is 0 Å². The Morgan fingerprint density at radius 3 is 2.41 bits per heavy atom. The number of allylic oxidation sites excluding steroid dienone is 4. The number of fused-ring (bicyclic) bond motifs is 3. The van der Waals surface area contributed by atoms with Crippen LogP contribution >= 0.6 is 0 Å². The van der Waals surface area contributed by atoms with Crippen LogP contribution in [0.3, 0.4) is 0 Å². The smallest absolute Gasteiger partial charge is 0.0988 e. The minimum Gasteiger partial charge on any atom is -0.256 e. The third-order valence-corrected chi connectivity index (χ3v) is 4.74. The minimum atomic E-state index is 0.897. The molecule has 4 aromatic rings. The number of rotatable bonds is 3. The van der Waals surface area contributed by atoms with Crippen molar-refractivity contribution >= 4 is 27.5 Å². The summed E-state index contributed by atoms with van der Waals surface area (Å²) in [6.45, 7) is 6.10. The van der Waals surface area contributed by atoms with E-state index in [0.29, 0.717) is 0 Å². The average molecular weight is 351 g/mol. The number of nitrogens with zero attached hydrogens (tertiary/aromatic N) is 3. The van der Waals surface area contributed by atoms with Crippen LogP contribution in [0.15, 0.2) is 73.0 Å². The van der Waals surface area contributed by atoms with Gasteiger partial charge < -0.3 is 0 Å². The Labute approximate surface area is 159 Å². The highest BCUT2D eigenvalue weighted by Crippen LogP contribution is 2.28. The molecule has 0 aliphatic rings. The summed E-state index contributed by atoms with van der Waals surface area (Å²) in [5.74, 6) is 0. The molecule has 2 aromatic heterocycles. The van der Waals surface area contributed by atoms with Crippen molar-refractivity contribution in [2.24, 2.45) is 0 Å². The van der Waals surface area contributed by atoms with Crippen LogP contribution < -0.4 is 0 Å². The first-order chi connectivity index (χ1) is 13.2. The third-order valence-electron chi connectivity index (χ3n) is 4.74. The van der Waals surface area contributed by atoms with Crippen molar-refractivity contribution in [3.05, 3.63) is 84.2 Å². The van der Waals surface area contributed by atoms with Crippen LogP contribution in [0.2, 0.25) is 0 Å². The second-order valence-electron chi connectivity index (χ2n) is 6.48. The molecule has 2 heterocycles. The van der Waals surface area contributed by atoms with Crippen LogP contribution in [0, 0.1) is 6.92 Å². The quantitative estimate of drug-likeness (QED) is 0.329. The van der Waals surface area contributed by atoms with Crippen molar-refractivity contribution in [3.63, 3.8) is 0 Å². The molecule has 0 unspecified atom stereocenters. The standard InChI is InChI=1S/C24H21N3/c1-4-7-17(5-2)18-9-11-19(12-10-18)23-16(3)26-22-14-13-21-20(24(22)27-23)8-6-15-25-21/h4-15H,1-3H3/b7-4-,17-5+. The lowest BCUT2D eigenvalue weighted by Crippen LogP contribution is -1.96. The highest BCUT2D eigenvalue weighted by Gasteiger charge is 2.11. The molecule has 0 atom stereocenters. The summed E-state index contributed by atoms with van der Waals surface area (Å²) >= 11 is 0. The van der Waals surface area contributed by atoms with Gasteiger partial charge in [0.05, 0.1) is 27.9 Å². The lowest BCUT2D eigenvalue weighted by Gasteiger charge is -2.10. The summed E-state index contributed by atoms with van der Waals surface area (Å²) in [6.07, 6.45) is 8.10. The maximum Gasteiger partial charge on any atom is 0.0988 e. The normalized spacial score (nSPS) is 12.3. The summed E-state index contributed by atoms with van der Waals surface area (Å²) in [5, 5.41) is 1.03. The maximum absolute atomic E-state index is 4.97. The highest BCUT2D eigenvalue weighted by molar-refractivity contribution is 6.02. The predicted octanol–water partition coefficient (Wildman–Crippen LogP) is 6.13. The fourth-order valence-corrected chi connectivity index (χ4v) is 3.39. The Balaban J connectivity index is 1.86. The number of benzene rings is 2. The van der Waals surface area contributed by atoms with E-state index in [2.05, 4.69) is 60.5 Å². The zero-order valence-corrected chi connectivity index (χ0v) is 15.8. The van der Waals surface area contributed by atoms with Crippen molar-refractivity contribution in [3.8, 4) is 11.3 Å². The number of pyridine rings is 1. The van der Waals surface area contributed by atoms with Crippen LogP contribution in [0.4, 0.5) is 0 Å². The summed E-state index contributed by atoms with van der Waals surface area (Å²) in [5.41, 5.74) is 8.06. The largest absolute Gasteiger partial charge is 0.256 e. The van der Waals surface area contributed by atoms with Gasteiger partial charge in [-0.2, -0.15) is 0 Å². The monoisotopic (exact) mass is 351 g/mol. The van der Waals surface area contributed by atoms with Gasteiger partial charge in [0, 0.05) is 17.1 Å². The summed E-state index contributed by atoms with van der Waals surface area (Å²) < 4.78 is 0. The van der Waals surface area contributed by atoms with Crippen LogP contribution in [0.1, 0.15) is 25.1 Å². The molecule has 2 aromatic carbocycles. The summed E-state index contributed by atoms with van der Waals surface area (Å²) in [6, 6.07) is 16.5. The lowest BCUT2D eigenvalue weighted by molar-refractivity contribution is 1.19. The third kappa shape index (κ3) is 3.13. The zero-order chi connectivity index (χ0) is 18.8. The summed E-state index contributed by atoms with van der Waals surface area (Å²) in [7, 11) is 0. The molecule has 0 amide bonds. The van der Waals surface area contributed by atoms with Crippen LogP contribution in [-0.2, 0) is 0 Å². The van der Waals surface area contributed by atoms with Gasteiger partial charge in [0.1, 0.15) is 0 Å². The van der Waals surface area contributed by atoms with E-state index >= 15 is 0 Å². The van der Waals surface area contributed by atoms with Crippen molar-refractivity contribution in [1.82, 2.24) is 15.0 Å². The van der Waals surface area contributed by atoms with Crippen LogP contribution in [-0.4, -0.2) is 15.0 Å². The Hall–Kier alpha value is -3.33. The van der Waals surface area contributed by atoms with Crippen molar-refractivity contribution in [2.45, 2.75) is 20.8 Å².